The Labute approximate surface area is 101 Å². The van der Waals surface area contributed by atoms with Crippen molar-refractivity contribution in [2.45, 2.75) is 6.42 Å². The molecule has 0 radical (unpaired) electrons. The number of rotatable bonds is 8. The highest BCUT2D eigenvalue weighted by molar-refractivity contribution is 5.34. The van der Waals surface area contributed by atoms with E-state index in [-0.39, 0.29) is 5.56 Å². The predicted octanol–water partition coefficient (Wildman–Crippen LogP) is 0.259. The van der Waals surface area contributed by atoms with Gasteiger partial charge in [-0.2, -0.15) is 0 Å². The van der Waals surface area contributed by atoms with Gasteiger partial charge in [-0.05, 0) is 6.42 Å². The van der Waals surface area contributed by atoms with Gasteiger partial charge in [-0.25, -0.2) is 4.98 Å². The molecule has 6 nitrogen and oxygen atoms in total. The minimum absolute atomic E-state index is 0.180. The van der Waals surface area contributed by atoms with Gasteiger partial charge >= 0.3 is 0 Å². The molecule has 96 valence electrons. The van der Waals surface area contributed by atoms with Crippen LogP contribution >= 0.6 is 0 Å². The van der Waals surface area contributed by atoms with Crippen LogP contribution in [0.25, 0.3) is 0 Å². The lowest BCUT2D eigenvalue weighted by atomic mass is 10.4. The first-order valence-electron chi connectivity index (χ1n) is 5.56. The number of aromatic nitrogens is 2. The van der Waals surface area contributed by atoms with Gasteiger partial charge in [-0.3, -0.25) is 4.79 Å². The molecule has 17 heavy (non-hydrogen) atoms. The Kier molecular flexibility index (Phi) is 6.27. The molecule has 0 unspecified atom stereocenters. The standard InChI is InChI=1S/C11H19N3O3/c1-16-8-3-6-14(7-9-17-2)10-11(15)13-5-4-12-10/h4-5H,3,6-9H2,1-2H3,(H,13,15). The van der Waals surface area contributed by atoms with E-state index in [9.17, 15) is 4.79 Å². The summed E-state index contributed by atoms with van der Waals surface area (Å²) in [6.45, 7) is 2.58. The van der Waals surface area contributed by atoms with Gasteiger partial charge in [-0.15, -0.1) is 0 Å². The second-order valence-electron chi connectivity index (χ2n) is 3.57. The number of aromatic amines is 1. The third-order valence-electron chi connectivity index (χ3n) is 2.33. The molecule has 1 aromatic rings. The molecule has 6 heteroatoms. The zero-order valence-corrected chi connectivity index (χ0v) is 10.3. The fraction of sp³-hybridized carbons (Fsp3) is 0.636. The minimum atomic E-state index is -0.180. The Morgan fingerprint density at radius 3 is 2.71 bits per heavy atom. The Morgan fingerprint density at radius 2 is 2.06 bits per heavy atom. The van der Waals surface area contributed by atoms with Gasteiger partial charge < -0.3 is 19.4 Å². The minimum Gasteiger partial charge on any atom is -0.385 e. The molecule has 0 saturated heterocycles. The van der Waals surface area contributed by atoms with Crippen molar-refractivity contribution in [2.24, 2.45) is 0 Å². The van der Waals surface area contributed by atoms with Crippen LogP contribution in [0.5, 0.6) is 0 Å². The zero-order valence-electron chi connectivity index (χ0n) is 10.3. The Hall–Kier alpha value is -1.40. The third-order valence-corrected chi connectivity index (χ3v) is 2.33. The topological polar surface area (TPSA) is 67.5 Å². The van der Waals surface area contributed by atoms with Gasteiger partial charge in [0.15, 0.2) is 5.82 Å². The van der Waals surface area contributed by atoms with Crippen LogP contribution in [0.15, 0.2) is 17.2 Å². The van der Waals surface area contributed by atoms with E-state index in [1.807, 2.05) is 4.90 Å². The first kappa shape index (κ1) is 13.7. The largest absolute Gasteiger partial charge is 0.385 e. The average molecular weight is 241 g/mol. The molecule has 1 heterocycles. The number of nitrogens with one attached hydrogen (secondary N) is 1. The molecule has 0 spiro atoms. The van der Waals surface area contributed by atoms with Gasteiger partial charge in [-0.1, -0.05) is 0 Å². The van der Waals surface area contributed by atoms with Gasteiger partial charge in [0.25, 0.3) is 5.56 Å². The lowest BCUT2D eigenvalue weighted by molar-refractivity contribution is 0.191. The molecule has 1 N–H and O–H groups in total. The third kappa shape index (κ3) is 4.54. The molecule has 0 aliphatic carbocycles. The van der Waals surface area contributed by atoms with E-state index in [0.717, 1.165) is 13.0 Å². The van der Waals surface area contributed by atoms with Crippen molar-refractivity contribution < 1.29 is 9.47 Å². The van der Waals surface area contributed by atoms with Crippen molar-refractivity contribution in [1.82, 2.24) is 9.97 Å². The van der Waals surface area contributed by atoms with Crippen LogP contribution in [0.2, 0.25) is 0 Å². The Bertz CT molecular complexity index is 367. The van der Waals surface area contributed by atoms with Crippen LogP contribution in [0.1, 0.15) is 6.42 Å². The molecule has 0 aliphatic rings. The summed E-state index contributed by atoms with van der Waals surface area (Å²) in [6, 6.07) is 0. The molecule has 0 fully saturated rings. The number of hydrogen-bond acceptors (Lipinski definition) is 5. The summed E-state index contributed by atoms with van der Waals surface area (Å²) < 4.78 is 10.0. The summed E-state index contributed by atoms with van der Waals surface area (Å²) in [6.07, 6.45) is 3.94. The van der Waals surface area contributed by atoms with Crippen LogP contribution in [0.3, 0.4) is 0 Å². The smallest absolute Gasteiger partial charge is 0.290 e. The maximum Gasteiger partial charge on any atom is 0.290 e. The number of hydrogen-bond donors (Lipinski definition) is 1. The first-order chi connectivity index (χ1) is 8.29. The van der Waals surface area contributed by atoms with Crippen LogP contribution in [-0.4, -0.2) is 50.5 Å². The molecule has 1 aromatic heterocycles. The SMILES string of the molecule is COCCCN(CCOC)c1ncc[nH]c1=O. The highest BCUT2D eigenvalue weighted by Gasteiger charge is 2.10. The molecule has 0 atom stereocenters. The summed E-state index contributed by atoms with van der Waals surface area (Å²) in [5.41, 5.74) is -0.180. The van der Waals surface area contributed by atoms with Gasteiger partial charge in [0.2, 0.25) is 0 Å². The lowest BCUT2D eigenvalue weighted by Crippen LogP contribution is -2.34. The van der Waals surface area contributed by atoms with Gasteiger partial charge in [0, 0.05) is 46.3 Å². The predicted molar refractivity (Wildman–Crippen MR) is 65.4 cm³/mol. The number of methoxy groups -OCH3 is 2. The average Bonchev–Trinajstić information content (AvgIpc) is 2.35. The highest BCUT2D eigenvalue weighted by atomic mass is 16.5. The van der Waals surface area contributed by atoms with E-state index in [1.165, 1.54) is 6.20 Å². The zero-order chi connectivity index (χ0) is 12.5. The maximum absolute atomic E-state index is 11.6. The summed E-state index contributed by atoms with van der Waals surface area (Å²) in [7, 11) is 3.29. The molecule has 0 amide bonds. The summed E-state index contributed by atoms with van der Waals surface area (Å²) in [4.78, 5) is 20.2. The van der Waals surface area contributed by atoms with Crippen molar-refractivity contribution in [3.05, 3.63) is 22.7 Å². The first-order valence-corrected chi connectivity index (χ1v) is 5.56. The molecule has 0 aliphatic heterocycles. The molecule has 1 rings (SSSR count). The Balaban J connectivity index is 2.68. The van der Waals surface area contributed by atoms with Gasteiger partial charge in [0.05, 0.1) is 6.61 Å². The molecule has 0 saturated carbocycles. The number of anilines is 1. The molecular formula is C11H19N3O3. The van der Waals surface area contributed by atoms with Crippen molar-refractivity contribution in [2.75, 3.05) is 45.4 Å². The monoisotopic (exact) mass is 241 g/mol. The summed E-state index contributed by atoms with van der Waals surface area (Å²) in [5.74, 6) is 0.431. The van der Waals surface area contributed by atoms with Crippen molar-refractivity contribution in [1.29, 1.82) is 0 Å². The van der Waals surface area contributed by atoms with E-state index >= 15 is 0 Å². The number of H-pyrrole nitrogens is 1. The van der Waals surface area contributed by atoms with E-state index in [1.54, 1.807) is 20.4 Å². The van der Waals surface area contributed by atoms with E-state index in [2.05, 4.69) is 9.97 Å². The van der Waals surface area contributed by atoms with Crippen molar-refractivity contribution in [3.63, 3.8) is 0 Å². The number of nitrogens with zero attached hydrogens (tertiary/aromatic N) is 2. The van der Waals surface area contributed by atoms with Crippen molar-refractivity contribution in [3.8, 4) is 0 Å². The van der Waals surface area contributed by atoms with E-state index < -0.39 is 0 Å². The van der Waals surface area contributed by atoms with Crippen molar-refractivity contribution >= 4 is 5.82 Å². The van der Waals surface area contributed by atoms with Crippen LogP contribution in [-0.2, 0) is 9.47 Å². The normalized spacial score (nSPS) is 10.5. The van der Waals surface area contributed by atoms with E-state index in [4.69, 9.17) is 9.47 Å². The van der Waals surface area contributed by atoms with Crippen LogP contribution in [0, 0.1) is 0 Å². The second kappa shape index (κ2) is 7.81. The summed E-state index contributed by atoms with van der Waals surface area (Å²) in [5, 5.41) is 0. The highest BCUT2D eigenvalue weighted by Crippen LogP contribution is 2.03. The second-order valence-corrected chi connectivity index (χ2v) is 3.57. The summed E-state index contributed by atoms with van der Waals surface area (Å²) >= 11 is 0. The molecule has 0 aromatic carbocycles. The van der Waals surface area contributed by atoms with Crippen LogP contribution in [0.4, 0.5) is 5.82 Å². The van der Waals surface area contributed by atoms with Gasteiger partial charge in [0.1, 0.15) is 0 Å². The quantitative estimate of drug-likeness (QED) is 0.661. The van der Waals surface area contributed by atoms with E-state index in [0.29, 0.717) is 25.6 Å². The fourth-order valence-electron chi connectivity index (χ4n) is 1.49. The molecule has 0 bridgehead atoms. The number of ether oxygens (including phenoxy) is 2. The molecular weight excluding hydrogens is 222 g/mol. The van der Waals surface area contributed by atoms with Crippen LogP contribution < -0.4 is 10.5 Å². The lowest BCUT2D eigenvalue weighted by Gasteiger charge is -2.22. The Morgan fingerprint density at radius 1 is 1.29 bits per heavy atom. The fourth-order valence-corrected chi connectivity index (χ4v) is 1.49. The maximum atomic E-state index is 11.6.